The van der Waals surface area contributed by atoms with Crippen LogP contribution in [0.25, 0.3) is 0 Å². The summed E-state index contributed by atoms with van der Waals surface area (Å²) in [6.07, 6.45) is 3.31. The highest BCUT2D eigenvalue weighted by atomic mass is 16.6. The summed E-state index contributed by atoms with van der Waals surface area (Å²) >= 11 is 0. The zero-order valence-electron chi connectivity index (χ0n) is 12.4. The van der Waals surface area contributed by atoms with Crippen LogP contribution in [-0.4, -0.2) is 30.6 Å². The number of piperidine rings is 1. The van der Waals surface area contributed by atoms with Crippen molar-refractivity contribution in [2.24, 2.45) is 0 Å². The summed E-state index contributed by atoms with van der Waals surface area (Å²) in [5.74, 6) is -0.241. The van der Waals surface area contributed by atoms with Crippen molar-refractivity contribution in [1.82, 2.24) is 0 Å². The third kappa shape index (κ3) is 3.32. The van der Waals surface area contributed by atoms with Crippen molar-refractivity contribution in [2.75, 3.05) is 18.6 Å². The van der Waals surface area contributed by atoms with Gasteiger partial charge in [0, 0.05) is 24.3 Å². The van der Waals surface area contributed by atoms with Crippen molar-refractivity contribution in [2.45, 2.75) is 38.6 Å². The summed E-state index contributed by atoms with van der Waals surface area (Å²) in [7, 11) is 1.38. The second-order valence-electron chi connectivity index (χ2n) is 5.30. The molecule has 0 saturated carbocycles. The highest BCUT2D eigenvalue weighted by Gasteiger charge is 2.28. The molecule has 0 bridgehead atoms. The molecule has 0 aliphatic carbocycles. The van der Waals surface area contributed by atoms with Crippen LogP contribution in [0.1, 0.15) is 31.2 Å². The van der Waals surface area contributed by atoms with E-state index in [1.807, 2.05) is 6.07 Å². The van der Waals surface area contributed by atoms with Crippen LogP contribution >= 0.6 is 0 Å². The Morgan fingerprint density at radius 1 is 1.48 bits per heavy atom. The summed E-state index contributed by atoms with van der Waals surface area (Å²) in [5, 5.41) is 11.1. The zero-order chi connectivity index (χ0) is 15.4. The Kier molecular flexibility index (Phi) is 4.77. The molecule has 0 amide bonds. The van der Waals surface area contributed by atoms with E-state index in [0.717, 1.165) is 31.5 Å². The number of anilines is 1. The molecule has 114 valence electrons. The smallest absolute Gasteiger partial charge is 0.307 e. The van der Waals surface area contributed by atoms with Gasteiger partial charge < -0.3 is 9.64 Å². The Morgan fingerprint density at radius 2 is 2.24 bits per heavy atom. The molecule has 0 radical (unpaired) electrons. The van der Waals surface area contributed by atoms with Crippen LogP contribution in [-0.2, 0) is 9.53 Å². The maximum Gasteiger partial charge on any atom is 0.307 e. The van der Waals surface area contributed by atoms with Crippen LogP contribution in [0.15, 0.2) is 18.2 Å². The van der Waals surface area contributed by atoms with E-state index in [1.54, 1.807) is 13.0 Å². The van der Waals surface area contributed by atoms with Gasteiger partial charge in [-0.15, -0.1) is 0 Å². The fourth-order valence-corrected chi connectivity index (χ4v) is 2.93. The zero-order valence-corrected chi connectivity index (χ0v) is 12.4. The number of nitro benzene ring substituents is 1. The van der Waals surface area contributed by atoms with Crippen LogP contribution in [0.5, 0.6) is 0 Å². The second-order valence-corrected chi connectivity index (χ2v) is 5.30. The van der Waals surface area contributed by atoms with Crippen molar-refractivity contribution >= 4 is 17.3 Å². The third-order valence-electron chi connectivity index (χ3n) is 4.04. The lowest BCUT2D eigenvalue weighted by molar-refractivity contribution is -0.385. The predicted molar refractivity (Wildman–Crippen MR) is 79.5 cm³/mol. The quantitative estimate of drug-likeness (QED) is 0.484. The van der Waals surface area contributed by atoms with Crippen LogP contribution in [0.2, 0.25) is 0 Å². The number of hydrogen-bond donors (Lipinski definition) is 0. The predicted octanol–water partition coefficient (Wildman–Crippen LogP) is 2.83. The van der Waals surface area contributed by atoms with E-state index in [-0.39, 0.29) is 22.6 Å². The first-order valence-corrected chi connectivity index (χ1v) is 7.12. The average Bonchev–Trinajstić information content (AvgIpc) is 2.48. The molecule has 21 heavy (non-hydrogen) atoms. The highest BCUT2D eigenvalue weighted by Crippen LogP contribution is 2.33. The minimum atomic E-state index is -0.363. The molecule has 1 aromatic carbocycles. The topological polar surface area (TPSA) is 72.7 Å². The standard InChI is InChI=1S/C15H20N2O4/c1-11-13(7-5-8-14(11)17(19)20)16-9-4-3-6-12(16)10-15(18)21-2/h5,7-8,12H,3-4,6,9-10H2,1-2H3. The minimum absolute atomic E-state index is 0.0481. The van der Waals surface area contributed by atoms with Crippen molar-refractivity contribution < 1.29 is 14.5 Å². The molecular weight excluding hydrogens is 272 g/mol. The van der Waals surface area contributed by atoms with Gasteiger partial charge in [0.15, 0.2) is 0 Å². The van der Waals surface area contributed by atoms with Crippen LogP contribution in [0.3, 0.4) is 0 Å². The van der Waals surface area contributed by atoms with Gasteiger partial charge in [0.05, 0.1) is 24.0 Å². The number of esters is 1. The molecule has 6 heteroatoms. The van der Waals surface area contributed by atoms with Crippen molar-refractivity contribution in [3.05, 3.63) is 33.9 Å². The molecule has 0 spiro atoms. The molecule has 0 N–H and O–H groups in total. The normalized spacial score (nSPS) is 18.4. The van der Waals surface area contributed by atoms with E-state index in [0.29, 0.717) is 12.0 Å². The van der Waals surface area contributed by atoms with Crippen LogP contribution in [0.4, 0.5) is 11.4 Å². The highest BCUT2D eigenvalue weighted by molar-refractivity contribution is 5.71. The number of nitrogens with zero attached hydrogens (tertiary/aromatic N) is 2. The Balaban J connectivity index is 2.31. The largest absolute Gasteiger partial charge is 0.469 e. The molecule has 0 aromatic heterocycles. The summed E-state index contributed by atoms with van der Waals surface area (Å²) in [5.41, 5.74) is 1.62. The number of hydrogen-bond acceptors (Lipinski definition) is 5. The second kappa shape index (κ2) is 6.56. The van der Waals surface area contributed by atoms with Crippen molar-refractivity contribution in [3.63, 3.8) is 0 Å². The molecule has 1 fully saturated rings. The number of ether oxygens (including phenoxy) is 1. The average molecular weight is 292 g/mol. The Bertz CT molecular complexity index is 544. The summed E-state index contributed by atoms with van der Waals surface area (Å²) in [4.78, 5) is 24.4. The summed E-state index contributed by atoms with van der Waals surface area (Å²) in [6.45, 7) is 2.57. The monoisotopic (exact) mass is 292 g/mol. The number of nitro groups is 1. The molecular formula is C15H20N2O4. The SMILES string of the molecule is COC(=O)CC1CCCCN1c1cccc([N+](=O)[O-])c1C. The molecule has 1 atom stereocenters. The van der Waals surface area contributed by atoms with Gasteiger partial charge in [0.25, 0.3) is 5.69 Å². The molecule has 2 rings (SSSR count). The van der Waals surface area contributed by atoms with Gasteiger partial charge in [-0.2, -0.15) is 0 Å². The van der Waals surface area contributed by atoms with Gasteiger partial charge in [-0.25, -0.2) is 0 Å². The molecule has 1 heterocycles. The van der Waals surface area contributed by atoms with Crippen LogP contribution in [0, 0.1) is 17.0 Å². The first-order chi connectivity index (χ1) is 10.0. The lowest BCUT2D eigenvalue weighted by atomic mass is 9.97. The van der Waals surface area contributed by atoms with E-state index in [1.165, 1.54) is 13.2 Å². The Hall–Kier alpha value is -2.11. The molecule has 1 saturated heterocycles. The van der Waals surface area contributed by atoms with Crippen LogP contribution < -0.4 is 4.90 Å². The molecule has 1 unspecified atom stereocenters. The van der Waals surface area contributed by atoms with E-state index in [4.69, 9.17) is 4.74 Å². The van der Waals surface area contributed by atoms with Gasteiger partial charge in [-0.05, 0) is 32.3 Å². The Labute approximate surface area is 123 Å². The number of methoxy groups -OCH3 is 1. The van der Waals surface area contributed by atoms with Gasteiger partial charge in [0.2, 0.25) is 0 Å². The van der Waals surface area contributed by atoms with Gasteiger partial charge >= 0.3 is 5.97 Å². The fourth-order valence-electron chi connectivity index (χ4n) is 2.93. The van der Waals surface area contributed by atoms with E-state index >= 15 is 0 Å². The lowest BCUT2D eigenvalue weighted by Crippen LogP contribution is -2.41. The summed E-state index contributed by atoms with van der Waals surface area (Å²) < 4.78 is 4.76. The van der Waals surface area contributed by atoms with Crippen molar-refractivity contribution in [3.8, 4) is 0 Å². The van der Waals surface area contributed by atoms with Gasteiger partial charge in [-0.1, -0.05) is 6.07 Å². The third-order valence-corrected chi connectivity index (χ3v) is 4.04. The summed E-state index contributed by atoms with van der Waals surface area (Å²) in [6, 6.07) is 5.15. The van der Waals surface area contributed by atoms with E-state index in [2.05, 4.69) is 4.90 Å². The molecule has 1 aromatic rings. The number of carbonyl (C=O) groups excluding carboxylic acids is 1. The number of rotatable bonds is 4. The molecule has 6 nitrogen and oxygen atoms in total. The van der Waals surface area contributed by atoms with Gasteiger partial charge in [0.1, 0.15) is 0 Å². The van der Waals surface area contributed by atoms with E-state index in [9.17, 15) is 14.9 Å². The Morgan fingerprint density at radius 3 is 2.90 bits per heavy atom. The molecule has 1 aliphatic heterocycles. The van der Waals surface area contributed by atoms with Gasteiger partial charge in [-0.3, -0.25) is 14.9 Å². The maximum atomic E-state index is 11.6. The number of benzene rings is 1. The van der Waals surface area contributed by atoms with E-state index < -0.39 is 0 Å². The maximum absolute atomic E-state index is 11.6. The first kappa shape index (κ1) is 15.3. The lowest BCUT2D eigenvalue weighted by Gasteiger charge is -2.37. The fraction of sp³-hybridized carbons (Fsp3) is 0.533. The van der Waals surface area contributed by atoms with Crippen molar-refractivity contribution in [1.29, 1.82) is 0 Å². The number of carbonyl (C=O) groups is 1. The first-order valence-electron chi connectivity index (χ1n) is 7.12. The molecule has 1 aliphatic rings. The minimum Gasteiger partial charge on any atom is -0.469 e.